The first-order valence-corrected chi connectivity index (χ1v) is 7.87. The van der Waals surface area contributed by atoms with E-state index in [1.165, 1.54) is 7.11 Å². The Kier molecular flexibility index (Phi) is 4.90. The van der Waals surface area contributed by atoms with Gasteiger partial charge in [-0.3, -0.25) is 4.79 Å². The van der Waals surface area contributed by atoms with Gasteiger partial charge in [0.25, 0.3) is 0 Å². The highest BCUT2D eigenvalue weighted by atomic mass is 16.5. The minimum Gasteiger partial charge on any atom is -0.465 e. The summed E-state index contributed by atoms with van der Waals surface area (Å²) in [7, 11) is 1.34. The molecule has 0 saturated heterocycles. The third kappa shape index (κ3) is 3.52. The molecular formula is C20H15N3O3. The van der Waals surface area contributed by atoms with Crippen LogP contribution < -0.4 is 5.32 Å². The van der Waals surface area contributed by atoms with Crippen LogP contribution in [-0.2, 0) is 9.53 Å². The van der Waals surface area contributed by atoms with Crippen molar-refractivity contribution in [2.75, 3.05) is 12.4 Å². The van der Waals surface area contributed by atoms with Gasteiger partial charge in [0, 0.05) is 16.6 Å². The van der Waals surface area contributed by atoms with Gasteiger partial charge in [-0.05, 0) is 24.3 Å². The summed E-state index contributed by atoms with van der Waals surface area (Å²) in [6.07, 6.45) is -0.198. The number of anilines is 1. The predicted octanol–water partition coefficient (Wildman–Crippen LogP) is 3.54. The number of pyridine rings is 1. The molecule has 0 saturated carbocycles. The first kappa shape index (κ1) is 17.1. The minimum absolute atomic E-state index is 0.198. The molecule has 0 atom stereocenters. The molecule has 3 rings (SSSR count). The smallest absolute Gasteiger partial charge is 0.338 e. The second-order valence-corrected chi connectivity index (χ2v) is 5.52. The fraction of sp³-hybridized carbons (Fsp3) is 0.100. The molecule has 0 unspecified atom stereocenters. The maximum Gasteiger partial charge on any atom is 0.338 e. The lowest BCUT2D eigenvalue weighted by Gasteiger charge is -2.09. The van der Waals surface area contributed by atoms with Crippen molar-refractivity contribution in [3.63, 3.8) is 0 Å². The maximum atomic E-state index is 12.1. The van der Waals surface area contributed by atoms with Crippen LogP contribution in [0, 0.1) is 11.3 Å². The molecule has 0 fully saturated rings. The van der Waals surface area contributed by atoms with Gasteiger partial charge in [0.1, 0.15) is 6.42 Å². The van der Waals surface area contributed by atoms with Gasteiger partial charge in [-0.15, -0.1) is 0 Å². The molecule has 6 heteroatoms. The van der Waals surface area contributed by atoms with Gasteiger partial charge in [0.05, 0.1) is 30.0 Å². The first-order chi connectivity index (χ1) is 12.6. The zero-order valence-corrected chi connectivity index (χ0v) is 14.0. The van der Waals surface area contributed by atoms with Crippen molar-refractivity contribution in [3.05, 3.63) is 60.2 Å². The van der Waals surface area contributed by atoms with Gasteiger partial charge in [-0.25, -0.2) is 9.78 Å². The number of hydrogen-bond acceptors (Lipinski definition) is 5. The molecule has 0 aliphatic rings. The topological polar surface area (TPSA) is 92.1 Å². The lowest BCUT2D eigenvalue weighted by Crippen LogP contribution is -2.09. The number of benzene rings is 2. The summed E-state index contributed by atoms with van der Waals surface area (Å²) in [6.45, 7) is 0. The predicted molar refractivity (Wildman–Crippen MR) is 97.4 cm³/mol. The average Bonchev–Trinajstić information content (AvgIpc) is 2.67. The van der Waals surface area contributed by atoms with Crippen molar-refractivity contribution in [1.29, 1.82) is 5.26 Å². The van der Waals surface area contributed by atoms with E-state index >= 15 is 0 Å². The molecule has 1 N–H and O–H groups in total. The molecule has 1 amide bonds. The number of methoxy groups -OCH3 is 1. The van der Waals surface area contributed by atoms with E-state index in [0.717, 1.165) is 10.9 Å². The molecule has 0 spiro atoms. The third-order valence-electron chi connectivity index (χ3n) is 3.83. The monoisotopic (exact) mass is 345 g/mol. The number of rotatable bonds is 4. The Morgan fingerprint density at radius 1 is 1.15 bits per heavy atom. The van der Waals surface area contributed by atoms with Gasteiger partial charge in [-0.1, -0.05) is 30.3 Å². The van der Waals surface area contributed by atoms with E-state index in [0.29, 0.717) is 22.5 Å². The number of nitrogens with zero attached hydrogens (tertiary/aromatic N) is 2. The molecular weight excluding hydrogens is 330 g/mol. The lowest BCUT2D eigenvalue weighted by molar-refractivity contribution is -0.115. The summed E-state index contributed by atoms with van der Waals surface area (Å²) in [4.78, 5) is 28.2. The largest absolute Gasteiger partial charge is 0.465 e. The highest BCUT2D eigenvalue weighted by Gasteiger charge is 2.14. The second kappa shape index (κ2) is 7.45. The van der Waals surface area contributed by atoms with E-state index < -0.39 is 5.97 Å². The van der Waals surface area contributed by atoms with Crippen molar-refractivity contribution >= 4 is 28.5 Å². The van der Waals surface area contributed by atoms with Crippen molar-refractivity contribution in [1.82, 2.24) is 4.98 Å². The first-order valence-electron chi connectivity index (χ1n) is 7.87. The molecule has 3 aromatic rings. The van der Waals surface area contributed by atoms with Gasteiger partial charge >= 0.3 is 5.97 Å². The summed E-state index contributed by atoms with van der Waals surface area (Å²) in [6, 6.07) is 17.9. The number of ether oxygens (including phenoxy) is 1. The quantitative estimate of drug-likeness (QED) is 0.730. The Hall–Kier alpha value is -3.72. The molecule has 26 heavy (non-hydrogen) atoms. The Morgan fingerprint density at radius 2 is 1.88 bits per heavy atom. The van der Waals surface area contributed by atoms with Crippen LogP contribution in [0.3, 0.4) is 0 Å². The zero-order valence-electron chi connectivity index (χ0n) is 14.0. The molecule has 0 bridgehead atoms. The van der Waals surface area contributed by atoms with Crippen molar-refractivity contribution in [2.45, 2.75) is 6.42 Å². The van der Waals surface area contributed by atoms with Gasteiger partial charge in [0.15, 0.2) is 0 Å². The van der Waals surface area contributed by atoms with Crippen LogP contribution >= 0.6 is 0 Å². The molecule has 1 heterocycles. The van der Waals surface area contributed by atoms with E-state index in [1.807, 2.05) is 24.3 Å². The summed E-state index contributed by atoms with van der Waals surface area (Å²) in [5, 5.41) is 11.9. The number of aromatic nitrogens is 1. The number of hydrogen-bond donors (Lipinski definition) is 1. The Labute approximate surface area is 150 Å². The third-order valence-corrected chi connectivity index (χ3v) is 3.83. The fourth-order valence-corrected chi connectivity index (χ4v) is 2.60. The summed E-state index contributed by atoms with van der Waals surface area (Å²) < 4.78 is 4.88. The second-order valence-electron chi connectivity index (χ2n) is 5.52. The van der Waals surface area contributed by atoms with Crippen LogP contribution in [0.15, 0.2) is 54.6 Å². The van der Waals surface area contributed by atoms with E-state index in [9.17, 15) is 9.59 Å². The van der Waals surface area contributed by atoms with Gasteiger partial charge in [0.2, 0.25) is 5.91 Å². The van der Waals surface area contributed by atoms with Crippen LogP contribution in [0.1, 0.15) is 16.8 Å². The number of nitriles is 1. The highest BCUT2D eigenvalue weighted by Crippen LogP contribution is 2.26. The maximum absolute atomic E-state index is 12.1. The highest BCUT2D eigenvalue weighted by molar-refractivity contribution is 6.04. The molecule has 0 aliphatic carbocycles. The van der Waals surface area contributed by atoms with Crippen LogP contribution in [-0.4, -0.2) is 24.0 Å². The number of amides is 1. The molecule has 1 aromatic heterocycles. The number of carbonyl (C=O) groups excluding carboxylic acids is 2. The number of esters is 1. The molecule has 0 aliphatic heterocycles. The average molecular weight is 345 g/mol. The Balaban J connectivity index is 1.99. The van der Waals surface area contributed by atoms with Crippen LogP contribution in [0.5, 0.6) is 0 Å². The standard InChI is InChI=1S/C20H15N3O3/c1-26-20(25)16-12-18(23-17-5-3-2-4-15(16)17)13-6-8-14(9-7-13)22-19(24)10-11-21/h2-9,12H,10H2,1H3,(H,22,24). The molecule has 0 radical (unpaired) electrons. The van der Waals surface area contributed by atoms with E-state index in [-0.39, 0.29) is 12.3 Å². The van der Waals surface area contributed by atoms with Gasteiger partial charge < -0.3 is 10.1 Å². The fourth-order valence-electron chi connectivity index (χ4n) is 2.60. The van der Waals surface area contributed by atoms with E-state index in [1.54, 1.807) is 36.4 Å². The number of fused-ring (bicyclic) bond motifs is 1. The molecule has 6 nitrogen and oxygen atoms in total. The van der Waals surface area contributed by atoms with E-state index in [2.05, 4.69) is 10.3 Å². The number of carbonyl (C=O) groups is 2. The van der Waals surface area contributed by atoms with Crippen LogP contribution in [0.4, 0.5) is 5.69 Å². The summed E-state index contributed by atoms with van der Waals surface area (Å²) in [5.74, 6) is -0.790. The number of nitrogens with one attached hydrogen (secondary N) is 1. The molecule has 2 aromatic carbocycles. The Bertz CT molecular complexity index is 1020. The normalized spacial score (nSPS) is 10.2. The lowest BCUT2D eigenvalue weighted by atomic mass is 10.0. The van der Waals surface area contributed by atoms with Gasteiger partial charge in [-0.2, -0.15) is 5.26 Å². The minimum atomic E-state index is -0.426. The van der Waals surface area contributed by atoms with Crippen LogP contribution in [0.2, 0.25) is 0 Å². The zero-order chi connectivity index (χ0) is 18.5. The summed E-state index contributed by atoms with van der Waals surface area (Å²) >= 11 is 0. The Morgan fingerprint density at radius 3 is 2.58 bits per heavy atom. The summed E-state index contributed by atoms with van der Waals surface area (Å²) in [5.41, 5.74) is 3.14. The number of para-hydroxylation sites is 1. The van der Waals surface area contributed by atoms with Crippen molar-refractivity contribution < 1.29 is 14.3 Å². The van der Waals surface area contributed by atoms with E-state index in [4.69, 9.17) is 10.00 Å². The SMILES string of the molecule is COC(=O)c1cc(-c2ccc(NC(=O)CC#N)cc2)nc2ccccc12. The van der Waals surface area contributed by atoms with Crippen LogP contribution in [0.25, 0.3) is 22.2 Å². The molecule has 128 valence electrons. The van der Waals surface area contributed by atoms with Crippen molar-refractivity contribution in [3.8, 4) is 17.3 Å². The van der Waals surface area contributed by atoms with Crippen molar-refractivity contribution in [2.24, 2.45) is 0 Å².